The third kappa shape index (κ3) is 8.78. The number of hydroxylamine groups is 2. The summed E-state index contributed by atoms with van der Waals surface area (Å²) in [6.07, 6.45) is -8.47. The monoisotopic (exact) mass is 714 g/mol. The molecule has 1 amide bonds. The van der Waals surface area contributed by atoms with Gasteiger partial charge in [0, 0.05) is 13.0 Å². The molecule has 0 spiro atoms. The van der Waals surface area contributed by atoms with E-state index in [0.717, 1.165) is 10.6 Å². The smallest absolute Gasteiger partial charge is 0.412 e. The minimum Gasteiger partial charge on any atom is -0.412 e. The van der Waals surface area contributed by atoms with Gasteiger partial charge in [-0.05, 0) is 61.7 Å². The Morgan fingerprint density at radius 3 is 2.02 bits per heavy atom. The van der Waals surface area contributed by atoms with E-state index in [4.69, 9.17) is 9.02 Å². The van der Waals surface area contributed by atoms with E-state index >= 15 is 0 Å². The molecular formula is C34H36F6N2O6S. The fraction of sp³-hybridized carbons (Fsp3) is 0.324. The molecule has 8 nitrogen and oxygen atoms in total. The third-order valence-electron chi connectivity index (χ3n) is 8.25. The molecule has 2 unspecified atom stereocenters. The number of rotatable bonds is 13. The Labute approximate surface area is 280 Å². The summed E-state index contributed by atoms with van der Waals surface area (Å²) in [7, 11) is -4.44. The molecule has 1 saturated heterocycles. The van der Waals surface area contributed by atoms with E-state index in [9.17, 15) is 39.6 Å². The minimum atomic E-state index is -5.04. The lowest BCUT2D eigenvalue weighted by molar-refractivity contribution is -0.162. The van der Waals surface area contributed by atoms with Crippen LogP contribution in [0.1, 0.15) is 53.7 Å². The van der Waals surface area contributed by atoms with Crippen LogP contribution in [0.15, 0.2) is 103 Å². The van der Waals surface area contributed by atoms with Gasteiger partial charge in [-0.1, -0.05) is 60.2 Å². The van der Waals surface area contributed by atoms with Crippen molar-refractivity contribution in [2.24, 2.45) is 0 Å². The Balaban J connectivity index is 0.00000650. The number of amides is 1. The number of aryl methyl sites for hydroxylation is 1. The maximum absolute atomic E-state index is 13.5. The summed E-state index contributed by atoms with van der Waals surface area (Å²) >= 11 is 0. The van der Waals surface area contributed by atoms with Crippen LogP contribution in [0.4, 0.5) is 26.3 Å². The van der Waals surface area contributed by atoms with Gasteiger partial charge in [0.05, 0.1) is 34.3 Å². The number of carbonyl (C=O) groups excluding carboxylic acids is 1. The van der Waals surface area contributed by atoms with Gasteiger partial charge in [0.2, 0.25) is 5.91 Å². The van der Waals surface area contributed by atoms with Crippen LogP contribution in [0.25, 0.3) is 0 Å². The van der Waals surface area contributed by atoms with Crippen LogP contribution in [0.3, 0.4) is 0 Å². The molecule has 49 heavy (non-hydrogen) atoms. The molecule has 1 aliphatic heterocycles. The first-order valence-corrected chi connectivity index (χ1v) is 16.1. The number of nitrogens with one attached hydrogen (secondary N) is 1. The minimum absolute atomic E-state index is 0. The highest BCUT2D eigenvalue weighted by Crippen LogP contribution is 2.39. The number of hydrogen-bond donors (Lipinski definition) is 1. The lowest BCUT2D eigenvalue weighted by atomic mass is 9.88. The van der Waals surface area contributed by atoms with Crippen molar-refractivity contribution in [2.75, 3.05) is 13.2 Å². The molecule has 266 valence electrons. The molecule has 0 saturated carbocycles. The van der Waals surface area contributed by atoms with Crippen LogP contribution >= 0.6 is 0 Å². The van der Waals surface area contributed by atoms with Crippen molar-refractivity contribution in [3.05, 3.63) is 126 Å². The number of nitrogens with zero attached hydrogens (tertiary/aromatic N) is 1. The van der Waals surface area contributed by atoms with Gasteiger partial charge in [-0.25, -0.2) is 0 Å². The summed E-state index contributed by atoms with van der Waals surface area (Å²) in [6.45, 7) is 10.3. The molecule has 1 heterocycles. The zero-order chi connectivity index (χ0) is 35.5. The zero-order valence-corrected chi connectivity index (χ0v) is 27.4. The number of benzene rings is 3. The first-order valence-electron chi connectivity index (χ1n) is 14.7. The summed E-state index contributed by atoms with van der Waals surface area (Å²) in [4.78, 5) is 12.8. The number of carbonyl (C=O) groups is 1. The van der Waals surface area contributed by atoms with E-state index in [-0.39, 0.29) is 48.0 Å². The summed E-state index contributed by atoms with van der Waals surface area (Å²) in [5, 5.41) is 4.01. The fourth-order valence-corrected chi connectivity index (χ4v) is 6.24. The van der Waals surface area contributed by atoms with Crippen LogP contribution in [-0.4, -0.2) is 43.6 Å². The maximum atomic E-state index is 13.5. The standard InChI is InChI=1S/C34H34F6N2O5S.H2O/c1-5-31(17-16-30(43)42(31)47-48(44,45)29-14-12-23(3)13-15-29)21-41-32(6-2,26-10-8-7-9-11-26)22-46-24(4)25-18-27(33(35,36)37)20-28(19-25)34(38,39)40;/h5-15,18-20,24,41H,1-2,16-17,21-22H2,3-4H3;1H2/t24-,31?,32?;/m1./s1. The first-order chi connectivity index (χ1) is 22.4. The number of ether oxygens (including phenoxy) is 1. The molecule has 3 aromatic rings. The number of halogens is 6. The van der Waals surface area contributed by atoms with E-state index in [1.807, 2.05) is 0 Å². The average Bonchev–Trinajstić information content (AvgIpc) is 3.35. The van der Waals surface area contributed by atoms with Crippen molar-refractivity contribution in [3.8, 4) is 0 Å². The van der Waals surface area contributed by atoms with Gasteiger partial charge in [0.25, 0.3) is 0 Å². The molecular weight excluding hydrogens is 678 g/mol. The van der Waals surface area contributed by atoms with Crippen LogP contribution in [0.5, 0.6) is 0 Å². The molecule has 0 aliphatic carbocycles. The second-order valence-electron chi connectivity index (χ2n) is 11.5. The molecule has 1 aliphatic rings. The predicted octanol–water partition coefficient (Wildman–Crippen LogP) is 6.82. The predicted molar refractivity (Wildman–Crippen MR) is 169 cm³/mol. The first kappa shape index (κ1) is 39.4. The Morgan fingerprint density at radius 2 is 1.51 bits per heavy atom. The molecule has 0 aromatic heterocycles. The molecule has 1 fully saturated rings. The fourth-order valence-electron chi connectivity index (χ4n) is 5.25. The Hall–Kier alpha value is -4.02. The average molecular weight is 715 g/mol. The van der Waals surface area contributed by atoms with Crippen LogP contribution in [0, 0.1) is 6.92 Å². The molecule has 3 N–H and O–H groups in total. The molecule has 3 aromatic carbocycles. The zero-order valence-electron chi connectivity index (χ0n) is 26.6. The molecule has 0 bridgehead atoms. The molecule has 4 rings (SSSR count). The van der Waals surface area contributed by atoms with Gasteiger partial charge in [-0.3, -0.25) is 10.1 Å². The molecule has 0 radical (unpaired) electrons. The summed E-state index contributed by atoms with van der Waals surface area (Å²) in [5.74, 6) is -0.619. The number of alkyl halides is 6. The highest BCUT2D eigenvalue weighted by Gasteiger charge is 2.48. The van der Waals surface area contributed by atoms with E-state index in [2.05, 4.69) is 18.5 Å². The summed E-state index contributed by atoms with van der Waals surface area (Å²) in [5.41, 5.74) is -4.68. The van der Waals surface area contributed by atoms with Crippen LogP contribution in [0.2, 0.25) is 0 Å². The van der Waals surface area contributed by atoms with Crippen molar-refractivity contribution in [3.63, 3.8) is 0 Å². The van der Waals surface area contributed by atoms with Crippen LogP contribution < -0.4 is 5.32 Å². The van der Waals surface area contributed by atoms with E-state index < -0.39 is 56.7 Å². The van der Waals surface area contributed by atoms with E-state index in [1.165, 1.54) is 31.2 Å². The van der Waals surface area contributed by atoms with Crippen molar-refractivity contribution in [1.29, 1.82) is 0 Å². The normalized spacial score (nSPS) is 18.8. The second kappa shape index (κ2) is 14.8. The second-order valence-corrected chi connectivity index (χ2v) is 13.1. The van der Waals surface area contributed by atoms with Crippen molar-refractivity contribution < 1.29 is 54.1 Å². The van der Waals surface area contributed by atoms with Gasteiger partial charge in [-0.2, -0.15) is 39.8 Å². The van der Waals surface area contributed by atoms with E-state index in [0.29, 0.717) is 17.7 Å². The van der Waals surface area contributed by atoms with Gasteiger partial charge in [0.1, 0.15) is 5.54 Å². The van der Waals surface area contributed by atoms with Crippen molar-refractivity contribution in [2.45, 2.75) is 61.1 Å². The summed E-state index contributed by atoms with van der Waals surface area (Å²) < 4.78 is 119. The highest BCUT2D eigenvalue weighted by molar-refractivity contribution is 7.86. The van der Waals surface area contributed by atoms with Crippen molar-refractivity contribution >= 4 is 16.0 Å². The topological polar surface area (TPSA) is 116 Å². The molecule has 15 heteroatoms. The van der Waals surface area contributed by atoms with Crippen LogP contribution in [-0.2, 0) is 41.8 Å². The lowest BCUT2D eigenvalue weighted by Gasteiger charge is -2.39. The largest absolute Gasteiger partial charge is 0.416 e. The Bertz CT molecular complexity index is 1720. The third-order valence-corrected chi connectivity index (χ3v) is 9.45. The Kier molecular flexibility index (Phi) is 11.9. The summed E-state index contributed by atoms with van der Waals surface area (Å²) in [6, 6.07) is 15.6. The Morgan fingerprint density at radius 1 is 0.939 bits per heavy atom. The van der Waals surface area contributed by atoms with Gasteiger partial charge < -0.3 is 10.2 Å². The quantitative estimate of drug-likeness (QED) is 0.153. The van der Waals surface area contributed by atoms with E-state index in [1.54, 1.807) is 49.4 Å². The van der Waals surface area contributed by atoms with Crippen molar-refractivity contribution in [1.82, 2.24) is 10.4 Å². The van der Waals surface area contributed by atoms with Gasteiger partial charge in [-0.15, -0.1) is 17.4 Å². The SMILES string of the molecule is C=CC(CO[C@H](C)c1cc(C(F)(F)F)cc(C(F)(F)F)c1)(NCC1(C=C)CCC(=O)N1OS(=O)(=O)c1ccc(C)cc1)c1ccccc1.O. The lowest BCUT2D eigenvalue weighted by Crippen LogP contribution is -2.56. The highest BCUT2D eigenvalue weighted by atomic mass is 32.2. The molecule has 3 atom stereocenters. The number of hydrogen-bond acceptors (Lipinski definition) is 6. The maximum Gasteiger partial charge on any atom is 0.416 e. The van der Waals surface area contributed by atoms with Gasteiger partial charge >= 0.3 is 22.5 Å². The van der Waals surface area contributed by atoms with Gasteiger partial charge in [0.15, 0.2) is 0 Å².